The highest BCUT2D eigenvalue weighted by Crippen LogP contribution is 2.27. The third-order valence-corrected chi connectivity index (χ3v) is 3.78. The van der Waals surface area contributed by atoms with Gasteiger partial charge in [0.1, 0.15) is 5.56 Å². The van der Waals surface area contributed by atoms with Crippen molar-refractivity contribution >= 4 is 23.2 Å². The van der Waals surface area contributed by atoms with Crippen LogP contribution in [0.25, 0.3) is 0 Å². The second-order valence-corrected chi connectivity index (χ2v) is 6.01. The van der Waals surface area contributed by atoms with Crippen LogP contribution in [-0.4, -0.2) is 28.8 Å². The van der Waals surface area contributed by atoms with E-state index in [0.29, 0.717) is 29.9 Å². The summed E-state index contributed by atoms with van der Waals surface area (Å²) >= 11 is 5.87. The number of rotatable bonds is 2. The average molecular weight is 297 g/mol. The predicted molar refractivity (Wildman–Crippen MR) is 77.0 cm³/mol. The molecule has 1 aliphatic heterocycles. The number of piperidine rings is 1. The maximum atomic E-state index is 12.5. The molecule has 0 bridgehead atoms. The van der Waals surface area contributed by atoms with Crippen molar-refractivity contribution in [3.8, 4) is 0 Å². The van der Waals surface area contributed by atoms with E-state index in [1.807, 2.05) is 0 Å². The van der Waals surface area contributed by atoms with Gasteiger partial charge in [0.15, 0.2) is 0 Å². The van der Waals surface area contributed by atoms with Crippen LogP contribution < -0.4 is 0 Å². The topological polar surface area (TPSA) is 63.5 Å². The number of hydrogen-bond acceptors (Lipinski definition) is 3. The molecule has 1 aromatic carbocycles. The van der Waals surface area contributed by atoms with E-state index in [9.17, 15) is 14.9 Å². The molecule has 0 spiro atoms. The standard InChI is InChI=1S/C14H17ClN2O3/c1-9-5-10(2)8-16(7-9)14(18)12-6-11(15)3-4-13(12)17(19)20/h3-4,6,9-10H,5,7-8H2,1-2H3. The van der Waals surface area contributed by atoms with Crippen LogP contribution >= 0.6 is 11.6 Å². The number of carbonyl (C=O) groups is 1. The van der Waals surface area contributed by atoms with Gasteiger partial charge in [0.25, 0.3) is 11.6 Å². The molecule has 1 saturated heterocycles. The quantitative estimate of drug-likeness (QED) is 0.621. The summed E-state index contributed by atoms with van der Waals surface area (Å²) in [6, 6.07) is 4.09. The number of halogens is 1. The summed E-state index contributed by atoms with van der Waals surface area (Å²) in [7, 11) is 0. The zero-order chi connectivity index (χ0) is 14.9. The molecular formula is C14H17ClN2O3. The number of amides is 1. The second kappa shape index (κ2) is 5.79. The van der Waals surface area contributed by atoms with Gasteiger partial charge in [-0.2, -0.15) is 0 Å². The normalized spacial score (nSPS) is 22.6. The number of nitro benzene ring substituents is 1. The summed E-state index contributed by atoms with van der Waals surface area (Å²) < 4.78 is 0. The Morgan fingerprint density at radius 3 is 2.50 bits per heavy atom. The van der Waals surface area contributed by atoms with Crippen molar-refractivity contribution in [3.05, 3.63) is 38.9 Å². The fourth-order valence-electron chi connectivity index (χ4n) is 2.84. The molecular weight excluding hydrogens is 280 g/mol. The van der Waals surface area contributed by atoms with E-state index in [0.717, 1.165) is 6.42 Å². The van der Waals surface area contributed by atoms with Gasteiger partial charge in [0.05, 0.1) is 4.92 Å². The molecule has 0 aromatic heterocycles. The van der Waals surface area contributed by atoms with Gasteiger partial charge in [-0.3, -0.25) is 14.9 Å². The van der Waals surface area contributed by atoms with Gasteiger partial charge < -0.3 is 4.90 Å². The molecule has 108 valence electrons. The van der Waals surface area contributed by atoms with Crippen molar-refractivity contribution in [2.45, 2.75) is 20.3 Å². The van der Waals surface area contributed by atoms with Crippen molar-refractivity contribution in [2.75, 3.05) is 13.1 Å². The van der Waals surface area contributed by atoms with Crippen LogP contribution in [-0.2, 0) is 0 Å². The smallest absolute Gasteiger partial charge is 0.282 e. The van der Waals surface area contributed by atoms with Crippen LogP contribution in [0.2, 0.25) is 5.02 Å². The van der Waals surface area contributed by atoms with Crippen molar-refractivity contribution in [3.63, 3.8) is 0 Å². The number of nitro groups is 1. The minimum absolute atomic E-state index is 0.0730. The monoisotopic (exact) mass is 296 g/mol. The second-order valence-electron chi connectivity index (χ2n) is 5.57. The van der Waals surface area contributed by atoms with Crippen LogP contribution in [0.4, 0.5) is 5.69 Å². The molecule has 1 aliphatic rings. The Labute approximate surface area is 122 Å². The molecule has 5 nitrogen and oxygen atoms in total. The van der Waals surface area contributed by atoms with E-state index in [1.54, 1.807) is 4.90 Å². The summed E-state index contributed by atoms with van der Waals surface area (Å²) in [5, 5.41) is 11.4. The van der Waals surface area contributed by atoms with E-state index in [-0.39, 0.29) is 17.2 Å². The first-order valence-corrected chi connectivity index (χ1v) is 6.99. The third kappa shape index (κ3) is 3.10. The largest absolute Gasteiger partial charge is 0.338 e. The van der Waals surface area contributed by atoms with Gasteiger partial charge in [0, 0.05) is 24.2 Å². The first-order valence-electron chi connectivity index (χ1n) is 6.61. The lowest BCUT2D eigenvalue weighted by molar-refractivity contribution is -0.385. The molecule has 20 heavy (non-hydrogen) atoms. The summed E-state index contributed by atoms with van der Waals surface area (Å²) in [5.41, 5.74) is -0.117. The van der Waals surface area contributed by atoms with Gasteiger partial charge in [0.2, 0.25) is 0 Å². The maximum absolute atomic E-state index is 12.5. The predicted octanol–water partition coefficient (Wildman–Crippen LogP) is 3.37. The SMILES string of the molecule is CC1CC(C)CN(C(=O)c2cc(Cl)ccc2[N+](=O)[O-])C1. The third-order valence-electron chi connectivity index (χ3n) is 3.54. The Morgan fingerprint density at radius 2 is 1.95 bits per heavy atom. The van der Waals surface area contributed by atoms with Gasteiger partial charge in [-0.05, 0) is 30.4 Å². The van der Waals surface area contributed by atoms with E-state index >= 15 is 0 Å². The summed E-state index contributed by atoms with van der Waals surface area (Å²) in [6.07, 6.45) is 1.07. The molecule has 0 aliphatic carbocycles. The molecule has 0 radical (unpaired) electrons. The molecule has 6 heteroatoms. The highest BCUT2D eigenvalue weighted by molar-refractivity contribution is 6.31. The Kier molecular flexibility index (Phi) is 4.28. The van der Waals surface area contributed by atoms with Gasteiger partial charge in [-0.1, -0.05) is 25.4 Å². The number of hydrogen-bond donors (Lipinski definition) is 0. The molecule has 1 heterocycles. The van der Waals surface area contributed by atoms with Crippen LogP contribution in [0.15, 0.2) is 18.2 Å². The molecule has 0 N–H and O–H groups in total. The van der Waals surface area contributed by atoms with E-state index in [2.05, 4.69) is 13.8 Å². The number of benzene rings is 1. The van der Waals surface area contributed by atoms with E-state index < -0.39 is 4.92 Å². The molecule has 1 amide bonds. The molecule has 2 rings (SSSR count). The maximum Gasteiger partial charge on any atom is 0.282 e. The highest BCUT2D eigenvalue weighted by Gasteiger charge is 2.30. The lowest BCUT2D eigenvalue weighted by Gasteiger charge is -2.34. The molecule has 2 atom stereocenters. The van der Waals surface area contributed by atoms with Gasteiger partial charge >= 0.3 is 0 Å². The van der Waals surface area contributed by atoms with Crippen LogP contribution in [0, 0.1) is 22.0 Å². The van der Waals surface area contributed by atoms with Crippen LogP contribution in [0.3, 0.4) is 0 Å². The van der Waals surface area contributed by atoms with Crippen LogP contribution in [0.5, 0.6) is 0 Å². The summed E-state index contributed by atoms with van der Waals surface area (Å²) in [6.45, 7) is 5.43. The van der Waals surface area contributed by atoms with Gasteiger partial charge in [-0.25, -0.2) is 0 Å². The minimum atomic E-state index is -0.541. The molecule has 0 saturated carbocycles. The van der Waals surface area contributed by atoms with Crippen molar-refractivity contribution in [2.24, 2.45) is 11.8 Å². The Balaban J connectivity index is 2.33. The number of likely N-dealkylation sites (tertiary alicyclic amines) is 1. The van der Waals surface area contributed by atoms with Gasteiger partial charge in [-0.15, -0.1) is 0 Å². The lowest BCUT2D eigenvalue weighted by Crippen LogP contribution is -2.42. The van der Waals surface area contributed by atoms with Crippen molar-refractivity contribution in [1.29, 1.82) is 0 Å². The van der Waals surface area contributed by atoms with Crippen molar-refractivity contribution in [1.82, 2.24) is 4.90 Å². The summed E-state index contributed by atoms with van der Waals surface area (Å²) in [5.74, 6) is 0.500. The molecule has 1 fully saturated rings. The number of nitrogens with zero attached hydrogens (tertiary/aromatic N) is 2. The summed E-state index contributed by atoms with van der Waals surface area (Å²) in [4.78, 5) is 24.7. The lowest BCUT2D eigenvalue weighted by atomic mass is 9.91. The molecule has 1 aromatic rings. The Bertz CT molecular complexity index is 537. The van der Waals surface area contributed by atoms with E-state index in [1.165, 1.54) is 18.2 Å². The minimum Gasteiger partial charge on any atom is -0.338 e. The fraction of sp³-hybridized carbons (Fsp3) is 0.500. The zero-order valence-corrected chi connectivity index (χ0v) is 12.3. The van der Waals surface area contributed by atoms with Crippen LogP contribution in [0.1, 0.15) is 30.6 Å². The van der Waals surface area contributed by atoms with E-state index in [4.69, 9.17) is 11.6 Å². The van der Waals surface area contributed by atoms with Crippen molar-refractivity contribution < 1.29 is 9.72 Å². The molecule has 2 unspecified atom stereocenters. The number of carbonyl (C=O) groups excluding carboxylic acids is 1. The zero-order valence-electron chi connectivity index (χ0n) is 11.5. The average Bonchev–Trinajstić information content (AvgIpc) is 2.36. The fourth-order valence-corrected chi connectivity index (χ4v) is 3.01. The Morgan fingerprint density at radius 1 is 1.35 bits per heavy atom. The Hall–Kier alpha value is -1.62. The first-order chi connectivity index (χ1) is 9.38. The first kappa shape index (κ1) is 14.8. The highest BCUT2D eigenvalue weighted by atomic mass is 35.5.